The van der Waals surface area contributed by atoms with Crippen molar-refractivity contribution in [3.05, 3.63) is 68.1 Å². The minimum absolute atomic E-state index is 0.0641. The van der Waals surface area contributed by atoms with Gasteiger partial charge in [-0.05, 0) is 52.7 Å². The minimum atomic E-state index is -0.0641. The van der Waals surface area contributed by atoms with Crippen LogP contribution in [0, 0.1) is 6.92 Å². The number of halogens is 2. The molecule has 2 aromatic carbocycles. The fourth-order valence-electron chi connectivity index (χ4n) is 2.56. The molecule has 0 bridgehead atoms. The van der Waals surface area contributed by atoms with E-state index in [1.165, 1.54) is 0 Å². The van der Waals surface area contributed by atoms with Crippen LogP contribution in [0.3, 0.4) is 0 Å². The lowest BCUT2D eigenvalue weighted by Crippen LogP contribution is -2.23. The monoisotopic (exact) mass is 436 g/mol. The van der Waals surface area contributed by atoms with E-state index in [1.807, 2.05) is 37.3 Å². The van der Waals surface area contributed by atoms with Gasteiger partial charge in [0.2, 0.25) is 0 Å². The number of fused-ring (bicyclic) bond motifs is 1. The van der Waals surface area contributed by atoms with Crippen molar-refractivity contribution in [2.45, 2.75) is 13.5 Å². The van der Waals surface area contributed by atoms with E-state index in [2.05, 4.69) is 20.9 Å². The van der Waals surface area contributed by atoms with E-state index in [4.69, 9.17) is 21.1 Å². The summed E-state index contributed by atoms with van der Waals surface area (Å²) in [5.74, 6) is 0.607. The Morgan fingerprint density at radius 1 is 1.19 bits per heavy atom. The molecule has 5 nitrogen and oxygen atoms in total. The molecular weight excluding hydrogens is 420 g/mol. The molecule has 0 N–H and O–H groups in total. The van der Waals surface area contributed by atoms with E-state index in [9.17, 15) is 4.79 Å². The van der Waals surface area contributed by atoms with Crippen LogP contribution in [0.1, 0.15) is 5.56 Å². The predicted octanol–water partition coefficient (Wildman–Crippen LogP) is 4.22. The number of benzene rings is 2. The van der Waals surface area contributed by atoms with E-state index in [0.717, 1.165) is 10.0 Å². The van der Waals surface area contributed by atoms with Gasteiger partial charge in [0.15, 0.2) is 5.75 Å². The number of aromatic nitrogens is 2. The maximum Gasteiger partial charge on any atom is 0.261 e. The van der Waals surface area contributed by atoms with E-state index in [-0.39, 0.29) is 5.56 Å². The van der Waals surface area contributed by atoms with Gasteiger partial charge in [-0.1, -0.05) is 23.7 Å². The summed E-state index contributed by atoms with van der Waals surface area (Å²) in [6.07, 6.45) is 1.55. The third-order valence-corrected chi connectivity index (χ3v) is 4.69. The summed E-state index contributed by atoms with van der Waals surface area (Å²) < 4.78 is 13.6. The Balaban J connectivity index is 1.48. The number of aryl methyl sites for hydroxylation is 1. The Morgan fingerprint density at radius 2 is 2.00 bits per heavy atom. The number of ether oxygens (including phenoxy) is 2. The summed E-state index contributed by atoms with van der Waals surface area (Å²) in [5, 5.41) is 1.17. The third-order valence-electron chi connectivity index (χ3n) is 3.82. The van der Waals surface area contributed by atoms with Gasteiger partial charge in [0.05, 0.1) is 46.5 Å². The Morgan fingerprint density at radius 3 is 2.81 bits per heavy atom. The highest BCUT2D eigenvalue weighted by molar-refractivity contribution is 9.10. The highest BCUT2D eigenvalue weighted by Gasteiger charge is 2.08. The first-order valence-electron chi connectivity index (χ1n) is 8.16. The topological polar surface area (TPSA) is 53.4 Å². The molecule has 0 saturated carbocycles. The summed E-state index contributed by atoms with van der Waals surface area (Å²) in [6, 6.07) is 11.1. The fourth-order valence-corrected chi connectivity index (χ4v) is 3.69. The SMILES string of the molecule is Cc1cc(Cl)c(OCCOCCn2cnc3ccccc3c2=O)c(Br)c1. The zero-order chi connectivity index (χ0) is 18.5. The van der Waals surface area contributed by atoms with Crippen molar-refractivity contribution in [1.82, 2.24) is 9.55 Å². The standard InChI is InChI=1S/C19H18BrClN2O3/c1-13-10-15(20)18(16(21)11-13)26-9-8-25-7-6-23-12-22-17-5-3-2-4-14(17)19(23)24/h2-5,10-12H,6-9H2,1H3. The van der Waals surface area contributed by atoms with E-state index in [0.29, 0.717) is 48.0 Å². The predicted molar refractivity (Wildman–Crippen MR) is 106 cm³/mol. The van der Waals surface area contributed by atoms with Crippen LogP contribution in [0.5, 0.6) is 5.75 Å². The lowest BCUT2D eigenvalue weighted by molar-refractivity contribution is 0.0936. The van der Waals surface area contributed by atoms with Crippen LogP contribution in [0.15, 0.2) is 52.0 Å². The maximum atomic E-state index is 12.4. The first-order valence-corrected chi connectivity index (χ1v) is 9.34. The zero-order valence-corrected chi connectivity index (χ0v) is 16.6. The van der Waals surface area contributed by atoms with Crippen LogP contribution in [0.2, 0.25) is 5.02 Å². The molecule has 1 aromatic heterocycles. The largest absolute Gasteiger partial charge is 0.488 e. The van der Waals surface area contributed by atoms with Crippen LogP contribution in [0.25, 0.3) is 10.9 Å². The fraction of sp³-hybridized carbons (Fsp3) is 0.263. The van der Waals surface area contributed by atoms with Crippen LogP contribution < -0.4 is 10.3 Å². The molecule has 3 rings (SSSR count). The molecular formula is C19H18BrClN2O3. The Bertz CT molecular complexity index is 951. The van der Waals surface area contributed by atoms with Crippen molar-refractivity contribution in [3.63, 3.8) is 0 Å². The number of hydrogen-bond donors (Lipinski definition) is 0. The lowest BCUT2D eigenvalue weighted by atomic mass is 10.2. The highest BCUT2D eigenvalue weighted by atomic mass is 79.9. The molecule has 0 radical (unpaired) electrons. The molecule has 136 valence electrons. The van der Waals surface area contributed by atoms with Crippen molar-refractivity contribution < 1.29 is 9.47 Å². The van der Waals surface area contributed by atoms with Crippen molar-refractivity contribution in [3.8, 4) is 5.75 Å². The zero-order valence-electron chi connectivity index (χ0n) is 14.2. The van der Waals surface area contributed by atoms with Crippen molar-refractivity contribution >= 4 is 38.4 Å². The number of para-hydroxylation sites is 1. The average Bonchev–Trinajstić information content (AvgIpc) is 2.61. The summed E-state index contributed by atoms with van der Waals surface area (Å²) in [5.41, 5.74) is 1.69. The number of rotatable bonds is 7. The van der Waals surface area contributed by atoms with Gasteiger partial charge in [-0.2, -0.15) is 0 Å². The molecule has 0 amide bonds. The molecule has 3 aromatic rings. The van der Waals surface area contributed by atoms with Crippen LogP contribution in [-0.4, -0.2) is 29.4 Å². The Labute approximate surface area is 164 Å². The molecule has 0 unspecified atom stereocenters. The van der Waals surface area contributed by atoms with Crippen LogP contribution >= 0.6 is 27.5 Å². The van der Waals surface area contributed by atoms with E-state index < -0.39 is 0 Å². The van der Waals surface area contributed by atoms with Crippen molar-refractivity contribution in [2.75, 3.05) is 19.8 Å². The van der Waals surface area contributed by atoms with Crippen LogP contribution in [0.4, 0.5) is 0 Å². The lowest BCUT2D eigenvalue weighted by Gasteiger charge is -2.11. The van der Waals surface area contributed by atoms with Gasteiger partial charge in [0, 0.05) is 0 Å². The summed E-state index contributed by atoms with van der Waals surface area (Å²) >= 11 is 9.62. The molecule has 1 heterocycles. The van der Waals surface area contributed by atoms with Gasteiger partial charge in [0.1, 0.15) is 6.61 Å². The molecule has 0 atom stereocenters. The van der Waals surface area contributed by atoms with Crippen molar-refractivity contribution in [2.24, 2.45) is 0 Å². The molecule has 0 aliphatic rings. The minimum Gasteiger partial charge on any atom is -0.488 e. The normalized spacial score (nSPS) is 11.0. The van der Waals surface area contributed by atoms with Gasteiger partial charge in [0.25, 0.3) is 5.56 Å². The second kappa shape index (κ2) is 8.66. The van der Waals surface area contributed by atoms with Gasteiger partial charge in [-0.25, -0.2) is 4.98 Å². The second-order valence-electron chi connectivity index (χ2n) is 5.78. The molecule has 26 heavy (non-hydrogen) atoms. The molecule has 0 saturated heterocycles. The second-order valence-corrected chi connectivity index (χ2v) is 7.04. The van der Waals surface area contributed by atoms with Gasteiger partial charge in [-0.3, -0.25) is 9.36 Å². The summed E-state index contributed by atoms with van der Waals surface area (Å²) in [7, 11) is 0. The quantitative estimate of drug-likeness (QED) is 0.519. The van der Waals surface area contributed by atoms with E-state index in [1.54, 1.807) is 17.0 Å². The van der Waals surface area contributed by atoms with Crippen molar-refractivity contribution in [1.29, 1.82) is 0 Å². The third kappa shape index (κ3) is 4.44. The molecule has 0 spiro atoms. The van der Waals surface area contributed by atoms with Gasteiger partial charge in [-0.15, -0.1) is 0 Å². The molecule has 0 fully saturated rings. The summed E-state index contributed by atoms with van der Waals surface area (Å²) in [6.45, 7) is 3.56. The summed E-state index contributed by atoms with van der Waals surface area (Å²) in [4.78, 5) is 16.6. The molecule has 0 aliphatic carbocycles. The average molecular weight is 438 g/mol. The first kappa shape index (κ1) is 18.9. The smallest absolute Gasteiger partial charge is 0.261 e. The molecule has 0 aliphatic heterocycles. The Kier molecular flexibility index (Phi) is 6.29. The molecule has 7 heteroatoms. The maximum absolute atomic E-state index is 12.4. The van der Waals surface area contributed by atoms with Crippen LogP contribution in [-0.2, 0) is 11.3 Å². The Hall–Kier alpha value is -1.89. The highest BCUT2D eigenvalue weighted by Crippen LogP contribution is 2.34. The number of nitrogens with zero attached hydrogens (tertiary/aromatic N) is 2. The van der Waals surface area contributed by atoms with Gasteiger partial charge >= 0.3 is 0 Å². The number of hydrogen-bond acceptors (Lipinski definition) is 4. The van der Waals surface area contributed by atoms with E-state index >= 15 is 0 Å². The first-order chi connectivity index (χ1) is 12.6. The van der Waals surface area contributed by atoms with Gasteiger partial charge < -0.3 is 9.47 Å².